The van der Waals surface area contributed by atoms with E-state index in [9.17, 15) is 4.39 Å². The molecule has 0 saturated heterocycles. The molecule has 0 fully saturated rings. The number of thioether (sulfide) groups is 1. The van der Waals surface area contributed by atoms with Crippen molar-refractivity contribution in [2.45, 2.75) is 6.54 Å². The fourth-order valence-corrected chi connectivity index (χ4v) is 2.88. The number of rotatable bonds is 3. The lowest BCUT2D eigenvalue weighted by atomic mass is 10.2. The summed E-state index contributed by atoms with van der Waals surface area (Å²) in [5.41, 5.74) is 5.62. The average molecular weight is 313 g/mol. The summed E-state index contributed by atoms with van der Waals surface area (Å²) < 4.78 is 13.8. The van der Waals surface area contributed by atoms with Gasteiger partial charge in [-0.25, -0.2) is 4.39 Å². The maximum absolute atomic E-state index is 13.8. The maximum atomic E-state index is 13.8. The molecule has 0 aliphatic carbocycles. The van der Waals surface area contributed by atoms with E-state index in [1.54, 1.807) is 12.1 Å². The van der Waals surface area contributed by atoms with E-state index in [0.29, 0.717) is 12.1 Å². The molecule has 0 saturated carbocycles. The molecule has 5 heteroatoms. The van der Waals surface area contributed by atoms with Crippen molar-refractivity contribution in [3.05, 3.63) is 76.9 Å². The Hall–Kier alpha value is -2.27. The molecule has 1 aliphatic heterocycles. The summed E-state index contributed by atoms with van der Waals surface area (Å²) in [6.45, 7) is 0.623. The molecule has 0 aromatic heterocycles. The van der Waals surface area contributed by atoms with Gasteiger partial charge in [0.2, 0.25) is 0 Å². The standard InChI is InChI=1S/C17H16FN3S/c1-21-17(19-11-13-7-3-2-4-8-13)22-12-16(20-21)14-9-5-6-10-15(14)18/h2-10,12,20H,11H2,1H3. The van der Waals surface area contributed by atoms with Gasteiger partial charge in [0.1, 0.15) is 5.82 Å². The Morgan fingerprint density at radius 2 is 1.82 bits per heavy atom. The van der Waals surface area contributed by atoms with Crippen LogP contribution in [0.4, 0.5) is 4.39 Å². The van der Waals surface area contributed by atoms with Crippen molar-refractivity contribution in [3.63, 3.8) is 0 Å². The zero-order chi connectivity index (χ0) is 15.4. The van der Waals surface area contributed by atoms with Crippen LogP contribution >= 0.6 is 11.8 Å². The van der Waals surface area contributed by atoms with Crippen LogP contribution in [-0.2, 0) is 6.54 Å². The van der Waals surface area contributed by atoms with Gasteiger partial charge in [0.25, 0.3) is 0 Å². The molecule has 0 amide bonds. The van der Waals surface area contributed by atoms with Gasteiger partial charge in [-0.2, -0.15) is 0 Å². The third-order valence-corrected chi connectivity index (χ3v) is 4.23. The second kappa shape index (κ2) is 6.66. The Morgan fingerprint density at radius 3 is 2.55 bits per heavy atom. The van der Waals surface area contributed by atoms with Crippen LogP contribution < -0.4 is 5.43 Å². The molecule has 1 N–H and O–H groups in total. The first-order valence-electron chi connectivity index (χ1n) is 6.94. The highest BCUT2D eigenvalue weighted by atomic mass is 32.2. The van der Waals surface area contributed by atoms with Gasteiger partial charge in [0, 0.05) is 18.0 Å². The number of amidine groups is 1. The summed E-state index contributed by atoms with van der Waals surface area (Å²) in [6, 6.07) is 16.8. The largest absolute Gasteiger partial charge is 0.296 e. The molecular formula is C17H16FN3S. The van der Waals surface area contributed by atoms with E-state index in [1.807, 2.05) is 53.9 Å². The molecule has 1 aliphatic rings. The van der Waals surface area contributed by atoms with E-state index in [1.165, 1.54) is 17.8 Å². The highest BCUT2D eigenvalue weighted by molar-refractivity contribution is 8.16. The Bertz CT molecular complexity index is 713. The van der Waals surface area contributed by atoms with Gasteiger partial charge in [-0.15, -0.1) is 0 Å². The highest BCUT2D eigenvalue weighted by Gasteiger charge is 2.17. The zero-order valence-electron chi connectivity index (χ0n) is 12.2. The fraction of sp³-hybridized carbons (Fsp3) is 0.118. The summed E-state index contributed by atoms with van der Waals surface area (Å²) in [5.74, 6) is -0.236. The Labute approximate surface area is 133 Å². The number of hydrogen-bond acceptors (Lipinski definition) is 3. The molecule has 0 bridgehead atoms. The highest BCUT2D eigenvalue weighted by Crippen LogP contribution is 2.25. The monoisotopic (exact) mass is 313 g/mol. The molecule has 0 spiro atoms. The first kappa shape index (κ1) is 14.7. The number of aliphatic imine (C=N–C) groups is 1. The number of halogens is 1. The van der Waals surface area contributed by atoms with E-state index < -0.39 is 0 Å². The molecule has 0 atom stereocenters. The molecule has 3 nitrogen and oxygen atoms in total. The van der Waals surface area contributed by atoms with Gasteiger partial charge in [0.05, 0.1) is 12.2 Å². The molecular weight excluding hydrogens is 297 g/mol. The van der Waals surface area contributed by atoms with Gasteiger partial charge in [-0.05, 0) is 17.7 Å². The lowest BCUT2D eigenvalue weighted by molar-refractivity contribution is 0.449. The summed E-state index contributed by atoms with van der Waals surface area (Å²) >= 11 is 1.49. The van der Waals surface area contributed by atoms with Gasteiger partial charge in [0.15, 0.2) is 5.17 Å². The third-order valence-electron chi connectivity index (χ3n) is 3.26. The van der Waals surface area contributed by atoms with Crippen LogP contribution in [0.2, 0.25) is 0 Å². The average Bonchev–Trinajstić information content (AvgIpc) is 2.55. The zero-order valence-corrected chi connectivity index (χ0v) is 13.0. The van der Waals surface area contributed by atoms with Crippen molar-refractivity contribution < 1.29 is 4.39 Å². The molecule has 3 rings (SSSR count). The van der Waals surface area contributed by atoms with Gasteiger partial charge < -0.3 is 0 Å². The Balaban J connectivity index is 1.75. The van der Waals surface area contributed by atoms with Crippen molar-refractivity contribution in [1.82, 2.24) is 10.4 Å². The van der Waals surface area contributed by atoms with Crippen molar-refractivity contribution in [2.75, 3.05) is 7.05 Å². The van der Waals surface area contributed by atoms with Crippen LogP contribution in [0.1, 0.15) is 11.1 Å². The number of benzene rings is 2. The van der Waals surface area contributed by atoms with E-state index in [4.69, 9.17) is 0 Å². The topological polar surface area (TPSA) is 27.6 Å². The van der Waals surface area contributed by atoms with Crippen LogP contribution in [0.15, 0.2) is 65.0 Å². The van der Waals surface area contributed by atoms with Crippen LogP contribution in [-0.4, -0.2) is 17.2 Å². The molecule has 1 heterocycles. The minimum Gasteiger partial charge on any atom is -0.296 e. The molecule has 112 valence electrons. The summed E-state index contributed by atoms with van der Waals surface area (Å²) in [6.07, 6.45) is 0. The van der Waals surface area contributed by atoms with Gasteiger partial charge in [-0.1, -0.05) is 54.2 Å². The summed E-state index contributed by atoms with van der Waals surface area (Å²) in [5, 5.41) is 4.56. The van der Waals surface area contributed by atoms with Gasteiger partial charge in [-0.3, -0.25) is 15.4 Å². The minimum absolute atomic E-state index is 0.236. The van der Waals surface area contributed by atoms with E-state index in [-0.39, 0.29) is 5.82 Å². The third kappa shape index (κ3) is 3.31. The Morgan fingerprint density at radius 1 is 1.09 bits per heavy atom. The van der Waals surface area contributed by atoms with Crippen molar-refractivity contribution in [1.29, 1.82) is 0 Å². The molecule has 0 unspecified atom stereocenters. The predicted molar refractivity (Wildman–Crippen MR) is 90.4 cm³/mol. The van der Waals surface area contributed by atoms with Crippen LogP contribution in [0.3, 0.4) is 0 Å². The Kier molecular flexibility index (Phi) is 4.44. The molecule has 0 radical (unpaired) electrons. The lowest BCUT2D eigenvalue weighted by Gasteiger charge is -2.28. The number of nitrogens with one attached hydrogen (secondary N) is 1. The lowest BCUT2D eigenvalue weighted by Crippen LogP contribution is -2.39. The smallest absolute Gasteiger partial charge is 0.182 e. The molecule has 2 aromatic rings. The van der Waals surface area contributed by atoms with E-state index >= 15 is 0 Å². The van der Waals surface area contributed by atoms with Crippen molar-refractivity contribution in [3.8, 4) is 0 Å². The normalized spacial score (nSPS) is 16.4. The maximum Gasteiger partial charge on any atom is 0.182 e. The van der Waals surface area contributed by atoms with E-state index in [2.05, 4.69) is 10.4 Å². The van der Waals surface area contributed by atoms with Crippen molar-refractivity contribution in [2.24, 2.45) is 4.99 Å². The second-order valence-electron chi connectivity index (χ2n) is 4.88. The summed E-state index contributed by atoms with van der Waals surface area (Å²) in [4.78, 5) is 4.59. The van der Waals surface area contributed by atoms with Crippen LogP contribution in [0, 0.1) is 5.82 Å². The first-order valence-corrected chi connectivity index (χ1v) is 7.82. The second-order valence-corrected chi connectivity index (χ2v) is 5.72. The summed E-state index contributed by atoms with van der Waals surface area (Å²) in [7, 11) is 1.88. The number of hydrogen-bond donors (Lipinski definition) is 1. The predicted octanol–water partition coefficient (Wildman–Crippen LogP) is 3.86. The van der Waals surface area contributed by atoms with Gasteiger partial charge >= 0.3 is 0 Å². The fourth-order valence-electron chi connectivity index (χ4n) is 2.13. The number of hydrazine groups is 1. The molecule has 22 heavy (non-hydrogen) atoms. The van der Waals surface area contributed by atoms with E-state index in [0.717, 1.165) is 16.4 Å². The number of nitrogens with zero attached hydrogens (tertiary/aromatic N) is 2. The quantitative estimate of drug-likeness (QED) is 0.932. The van der Waals surface area contributed by atoms with Crippen LogP contribution in [0.25, 0.3) is 5.70 Å². The first-order chi connectivity index (χ1) is 10.7. The van der Waals surface area contributed by atoms with Crippen molar-refractivity contribution >= 4 is 22.6 Å². The molecule has 2 aromatic carbocycles. The van der Waals surface area contributed by atoms with Crippen LogP contribution in [0.5, 0.6) is 0 Å². The minimum atomic E-state index is -0.236. The SMILES string of the molecule is CN1NC(c2ccccc2F)=CSC1=NCc1ccccc1.